The van der Waals surface area contributed by atoms with Gasteiger partial charge in [-0.15, -0.1) is 0 Å². The Morgan fingerprint density at radius 1 is 1.05 bits per heavy atom. The molecule has 1 fully saturated rings. The van der Waals surface area contributed by atoms with Gasteiger partial charge < -0.3 is 20.1 Å². The van der Waals surface area contributed by atoms with Crippen molar-refractivity contribution < 1.29 is 24.9 Å². The first-order valence-corrected chi connectivity index (χ1v) is 14.2. The van der Waals surface area contributed by atoms with Gasteiger partial charge in [0, 0.05) is 36.3 Å². The third-order valence-corrected chi connectivity index (χ3v) is 7.93. The van der Waals surface area contributed by atoms with Crippen molar-refractivity contribution >= 4 is 17.6 Å². The number of rotatable bonds is 13. The molecule has 39 heavy (non-hydrogen) atoms. The average Bonchev–Trinajstić information content (AvgIpc) is 3.25. The smallest absolute Gasteiger partial charge is 0.305 e. The fourth-order valence-electron chi connectivity index (χ4n) is 5.62. The van der Waals surface area contributed by atoms with Crippen molar-refractivity contribution in [2.24, 2.45) is 5.92 Å². The van der Waals surface area contributed by atoms with Crippen molar-refractivity contribution in [2.45, 2.75) is 71.0 Å². The van der Waals surface area contributed by atoms with E-state index in [9.17, 15) is 20.1 Å². The molecule has 7 nitrogen and oxygen atoms in total. The molecule has 2 aromatic carbocycles. The molecular formula is C31H39ClN2O5. The van der Waals surface area contributed by atoms with Gasteiger partial charge >= 0.3 is 5.97 Å². The standard InChI is InChI=1S/C31H39ClN2O5/c1-2-24-18-23(8-13-28(24)39-17-16-34-29(35)14-15-30(34)36)21-33(20-22-6-4-3-5-7-22)27(19-31(37)38)25-9-11-26(32)12-10-25/h8-15,18,22,27,35-36H,2-7,16-17,19-21H2,1H3,(H,37,38). The van der Waals surface area contributed by atoms with Crippen LogP contribution in [0.15, 0.2) is 54.6 Å². The molecule has 0 radical (unpaired) electrons. The van der Waals surface area contributed by atoms with Crippen LogP contribution >= 0.6 is 11.6 Å². The summed E-state index contributed by atoms with van der Waals surface area (Å²) < 4.78 is 7.42. The zero-order chi connectivity index (χ0) is 27.8. The van der Waals surface area contributed by atoms with E-state index in [1.54, 1.807) is 0 Å². The summed E-state index contributed by atoms with van der Waals surface area (Å²) in [6, 6.07) is 16.3. The van der Waals surface area contributed by atoms with E-state index in [1.165, 1.54) is 48.8 Å². The molecule has 210 valence electrons. The largest absolute Gasteiger partial charge is 0.494 e. The average molecular weight is 555 g/mol. The Bertz CT molecular complexity index is 1200. The monoisotopic (exact) mass is 554 g/mol. The molecule has 1 aliphatic carbocycles. The Balaban J connectivity index is 1.54. The van der Waals surface area contributed by atoms with Crippen LogP contribution in [0.2, 0.25) is 5.02 Å². The molecule has 0 bridgehead atoms. The summed E-state index contributed by atoms with van der Waals surface area (Å²) in [6.07, 6.45) is 6.89. The molecule has 1 aliphatic rings. The van der Waals surface area contributed by atoms with Gasteiger partial charge in [-0.05, 0) is 60.1 Å². The van der Waals surface area contributed by atoms with E-state index in [1.807, 2.05) is 36.4 Å². The number of carbonyl (C=O) groups is 1. The minimum absolute atomic E-state index is 0.00294. The summed E-state index contributed by atoms with van der Waals surface area (Å²) in [5.74, 6) is 0.498. The van der Waals surface area contributed by atoms with E-state index in [0.29, 0.717) is 30.6 Å². The normalized spacial score (nSPS) is 14.9. The van der Waals surface area contributed by atoms with Crippen LogP contribution < -0.4 is 4.74 Å². The van der Waals surface area contributed by atoms with Crippen molar-refractivity contribution in [3.05, 3.63) is 76.3 Å². The molecule has 1 aromatic heterocycles. The highest BCUT2D eigenvalue weighted by Gasteiger charge is 2.27. The molecule has 4 rings (SSSR count). The highest BCUT2D eigenvalue weighted by molar-refractivity contribution is 6.30. The summed E-state index contributed by atoms with van der Waals surface area (Å²) in [6.45, 7) is 4.19. The van der Waals surface area contributed by atoms with Gasteiger partial charge in [-0.1, -0.05) is 62.1 Å². The number of benzene rings is 2. The quantitative estimate of drug-likeness (QED) is 0.215. The van der Waals surface area contributed by atoms with Gasteiger partial charge in [0.2, 0.25) is 0 Å². The Labute approximate surface area is 235 Å². The second-order valence-corrected chi connectivity index (χ2v) is 10.9. The minimum Gasteiger partial charge on any atom is -0.494 e. The summed E-state index contributed by atoms with van der Waals surface area (Å²) >= 11 is 6.15. The van der Waals surface area contributed by atoms with Crippen molar-refractivity contribution in [1.29, 1.82) is 0 Å². The first kappa shape index (κ1) is 28.8. The molecule has 1 atom stereocenters. The summed E-state index contributed by atoms with van der Waals surface area (Å²) in [5, 5.41) is 30.2. The van der Waals surface area contributed by atoms with E-state index in [-0.39, 0.29) is 24.2 Å². The zero-order valence-corrected chi connectivity index (χ0v) is 23.3. The van der Waals surface area contributed by atoms with Crippen LogP contribution in [0.5, 0.6) is 17.5 Å². The highest BCUT2D eigenvalue weighted by atomic mass is 35.5. The van der Waals surface area contributed by atoms with Gasteiger partial charge in [-0.3, -0.25) is 14.3 Å². The lowest BCUT2D eigenvalue weighted by Gasteiger charge is -2.35. The van der Waals surface area contributed by atoms with Gasteiger partial charge in [-0.2, -0.15) is 0 Å². The molecular weight excluding hydrogens is 516 g/mol. The van der Waals surface area contributed by atoms with E-state index < -0.39 is 5.97 Å². The van der Waals surface area contributed by atoms with Crippen molar-refractivity contribution in [2.75, 3.05) is 13.2 Å². The fourth-order valence-corrected chi connectivity index (χ4v) is 5.74. The number of aromatic hydroxyl groups is 2. The molecule has 0 amide bonds. The molecule has 8 heteroatoms. The molecule has 1 unspecified atom stereocenters. The third kappa shape index (κ3) is 7.93. The summed E-state index contributed by atoms with van der Waals surface area (Å²) in [5.41, 5.74) is 3.14. The number of hydrogen-bond donors (Lipinski definition) is 3. The number of halogens is 1. The lowest BCUT2D eigenvalue weighted by atomic mass is 9.88. The van der Waals surface area contributed by atoms with Crippen molar-refractivity contribution in [3.63, 3.8) is 0 Å². The second kappa shape index (κ2) is 13.8. The Morgan fingerprint density at radius 3 is 2.38 bits per heavy atom. The molecule has 3 aromatic rings. The van der Waals surface area contributed by atoms with E-state index >= 15 is 0 Å². The van der Waals surface area contributed by atoms with Gasteiger partial charge in [0.05, 0.1) is 13.0 Å². The van der Waals surface area contributed by atoms with Crippen LogP contribution in [0.4, 0.5) is 0 Å². The second-order valence-electron chi connectivity index (χ2n) is 10.4. The number of aromatic nitrogens is 1. The van der Waals surface area contributed by atoms with E-state index in [2.05, 4.69) is 17.9 Å². The number of hydrogen-bond acceptors (Lipinski definition) is 5. The van der Waals surface area contributed by atoms with Crippen molar-refractivity contribution in [3.8, 4) is 17.5 Å². The maximum atomic E-state index is 12.0. The van der Waals surface area contributed by atoms with Crippen LogP contribution in [0.3, 0.4) is 0 Å². The lowest BCUT2D eigenvalue weighted by molar-refractivity contribution is -0.138. The molecule has 0 saturated heterocycles. The predicted molar refractivity (Wildman–Crippen MR) is 153 cm³/mol. The zero-order valence-electron chi connectivity index (χ0n) is 22.6. The van der Waals surface area contributed by atoms with Gasteiger partial charge in [-0.25, -0.2) is 0 Å². The summed E-state index contributed by atoms with van der Waals surface area (Å²) in [7, 11) is 0. The van der Waals surface area contributed by atoms with Crippen LogP contribution in [0.1, 0.15) is 68.2 Å². The van der Waals surface area contributed by atoms with Gasteiger partial charge in [0.25, 0.3) is 0 Å². The molecule has 1 saturated carbocycles. The third-order valence-electron chi connectivity index (χ3n) is 7.68. The fraction of sp³-hybridized carbons (Fsp3) is 0.452. The summed E-state index contributed by atoms with van der Waals surface area (Å²) in [4.78, 5) is 14.3. The molecule has 0 spiro atoms. The highest BCUT2D eigenvalue weighted by Crippen LogP contribution is 2.33. The Morgan fingerprint density at radius 2 is 1.74 bits per heavy atom. The number of ether oxygens (including phenoxy) is 1. The number of carboxylic acid groups (broad SMARTS) is 1. The van der Waals surface area contributed by atoms with Crippen LogP contribution in [-0.4, -0.2) is 43.9 Å². The molecule has 1 heterocycles. The first-order valence-electron chi connectivity index (χ1n) is 13.9. The molecule has 3 N–H and O–H groups in total. The Kier molecular flexibility index (Phi) is 10.2. The van der Waals surface area contributed by atoms with Crippen molar-refractivity contribution in [1.82, 2.24) is 9.47 Å². The van der Waals surface area contributed by atoms with Gasteiger partial charge in [0.15, 0.2) is 11.8 Å². The van der Waals surface area contributed by atoms with E-state index in [0.717, 1.165) is 35.4 Å². The lowest BCUT2D eigenvalue weighted by Crippen LogP contribution is -2.35. The topological polar surface area (TPSA) is 95.2 Å². The van der Waals surface area contributed by atoms with Gasteiger partial charge in [0.1, 0.15) is 12.4 Å². The number of carboxylic acids is 1. The maximum Gasteiger partial charge on any atom is 0.305 e. The number of nitrogens with zero attached hydrogens (tertiary/aromatic N) is 2. The predicted octanol–water partition coefficient (Wildman–Crippen LogP) is 6.79. The molecule has 0 aliphatic heterocycles. The Hall–Kier alpha value is -3.16. The first-order chi connectivity index (χ1) is 18.8. The number of aryl methyl sites for hydroxylation is 1. The van der Waals surface area contributed by atoms with Crippen LogP contribution in [0.25, 0.3) is 0 Å². The SMILES string of the molecule is CCc1cc(CN(CC2CCCCC2)C(CC(=O)O)c2ccc(Cl)cc2)ccc1OCCn1c(O)ccc1O. The van der Waals surface area contributed by atoms with Crippen LogP contribution in [-0.2, 0) is 24.3 Å². The maximum absolute atomic E-state index is 12.0. The van der Waals surface area contributed by atoms with E-state index in [4.69, 9.17) is 16.3 Å². The minimum atomic E-state index is -0.818. The van der Waals surface area contributed by atoms with Crippen LogP contribution in [0, 0.1) is 5.92 Å². The number of aliphatic carboxylic acids is 1.